The molecule has 0 radical (unpaired) electrons. The first kappa shape index (κ1) is 16.0. The van der Waals surface area contributed by atoms with E-state index in [9.17, 15) is 4.39 Å². The van der Waals surface area contributed by atoms with E-state index in [1.165, 1.54) is 12.1 Å². The summed E-state index contributed by atoms with van der Waals surface area (Å²) in [6.45, 7) is 7.14. The summed E-state index contributed by atoms with van der Waals surface area (Å²) < 4.78 is 14.2. The van der Waals surface area contributed by atoms with Crippen molar-refractivity contribution in [2.24, 2.45) is 0 Å². The number of halogens is 2. The van der Waals surface area contributed by atoms with Crippen LogP contribution < -0.4 is 5.32 Å². The van der Waals surface area contributed by atoms with E-state index < -0.39 is 0 Å². The lowest BCUT2D eigenvalue weighted by atomic mass is 10.1. The lowest BCUT2D eigenvalue weighted by Crippen LogP contribution is -2.20. The molecule has 0 aliphatic carbocycles. The maximum absolute atomic E-state index is 13.4. The molecular weight excluding hydrogens is 333 g/mol. The molecule has 1 heterocycles. The van der Waals surface area contributed by atoms with Gasteiger partial charge in [0.15, 0.2) is 5.82 Å². The average molecular weight is 352 g/mol. The minimum absolute atomic E-state index is 0.204. The first-order chi connectivity index (χ1) is 10.0. The van der Waals surface area contributed by atoms with Crippen molar-refractivity contribution in [1.29, 1.82) is 0 Å². The molecule has 5 heteroatoms. The fourth-order valence-electron chi connectivity index (χ4n) is 2.17. The molecule has 0 saturated heterocycles. The van der Waals surface area contributed by atoms with Crippen LogP contribution in [-0.2, 0) is 0 Å². The second-order valence-electron chi connectivity index (χ2n) is 5.03. The predicted octanol–water partition coefficient (Wildman–Crippen LogP) is 4.41. The topological polar surface area (TPSA) is 37.8 Å². The van der Waals surface area contributed by atoms with Crippen molar-refractivity contribution in [3.05, 3.63) is 45.9 Å². The van der Waals surface area contributed by atoms with Gasteiger partial charge in [-0.2, -0.15) is 0 Å². The Labute approximate surface area is 133 Å². The van der Waals surface area contributed by atoms with Crippen LogP contribution in [-0.4, -0.2) is 16.5 Å². The van der Waals surface area contributed by atoms with Crippen molar-refractivity contribution >= 4 is 15.9 Å². The third-order valence-corrected chi connectivity index (χ3v) is 4.05. The first-order valence-electron chi connectivity index (χ1n) is 7.05. The molecule has 0 spiro atoms. The highest BCUT2D eigenvalue weighted by Crippen LogP contribution is 2.27. The van der Waals surface area contributed by atoms with E-state index in [0.29, 0.717) is 11.4 Å². The predicted molar refractivity (Wildman–Crippen MR) is 86.6 cm³/mol. The van der Waals surface area contributed by atoms with Crippen molar-refractivity contribution in [3.63, 3.8) is 0 Å². The molecule has 3 nitrogen and oxygen atoms in total. The summed E-state index contributed by atoms with van der Waals surface area (Å²) in [7, 11) is 0. The van der Waals surface area contributed by atoms with Gasteiger partial charge in [0.1, 0.15) is 5.82 Å². The van der Waals surface area contributed by atoms with Crippen LogP contribution in [0, 0.1) is 12.7 Å². The highest BCUT2D eigenvalue weighted by Gasteiger charge is 2.13. The molecule has 0 aliphatic heterocycles. The average Bonchev–Trinajstić information content (AvgIpc) is 2.47. The Morgan fingerprint density at radius 2 is 2.14 bits per heavy atom. The number of rotatable bonds is 5. The molecule has 0 saturated carbocycles. The van der Waals surface area contributed by atoms with E-state index in [2.05, 4.69) is 45.1 Å². The van der Waals surface area contributed by atoms with Crippen LogP contribution in [0.1, 0.15) is 37.6 Å². The third kappa shape index (κ3) is 3.86. The summed E-state index contributed by atoms with van der Waals surface area (Å²) >= 11 is 3.41. The number of hydrogen-bond donors (Lipinski definition) is 1. The van der Waals surface area contributed by atoms with Crippen LogP contribution in [0.15, 0.2) is 28.9 Å². The molecule has 2 aromatic rings. The second kappa shape index (κ2) is 7.09. The number of benzene rings is 1. The molecule has 1 unspecified atom stereocenters. The zero-order valence-corrected chi connectivity index (χ0v) is 14.0. The monoisotopic (exact) mass is 351 g/mol. The van der Waals surface area contributed by atoms with E-state index in [1.54, 1.807) is 6.07 Å². The fraction of sp³-hybridized carbons (Fsp3) is 0.375. The van der Waals surface area contributed by atoms with Crippen molar-refractivity contribution in [3.8, 4) is 11.4 Å². The lowest BCUT2D eigenvalue weighted by Gasteiger charge is -2.16. The summed E-state index contributed by atoms with van der Waals surface area (Å²) in [6, 6.07) is 4.72. The maximum atomic E-state index is 13.4. The van der Waals surface area contributed by atoms with Crippen molar-refractivity contribution in [1.82, 2.24) is 15.3 Å². The van der Waals surface area contributed by atoms with E-state index in [4.69, 9.17) is 0 Å². The number of nitrogens with zero attached hydrogens (tertiary/aromatic N) is 2. The highest BCUT2D eigenvalue weighted by atomic mass is 79.9. The highest BCUT2D eigenvalue weighted by molar-refractivity contribution is 9.10. The fourth-order valence-corrected chi connectivity index (χ4v) is 2.59. The van der Waals surface area contributed by atoms with Gasteiger partial charge < -0.3 is 5.32 Å². The summed E-state index contributed by atoms with van der Waals surface area (Å²) in [5.41, 5.74) is 2.64. The molecule has 1 aromatic heterocycles. The molecule has 0 bridgehead atoms. The lowest BCUT2D eigenvalue weighted by molar-refractivity contribution is 0.564. The molecular formula is C16H19BrFN3. The van der Waals surface area contributed by atoms with Crippen LogP contribution in [0.4, 0.5) is 4.39 Å². The van der Waals surface area contributed by atoms with Crippen molar-refractivity contribution in [2.45, 2.75) is 33.2 Å². The van der Waals surface area contributed by atoms with Gasteiger partial charge >= 0.3 is 0 Å². The summed E-state index contributed by atoms with van der Waals surface area (Å²) in [5, 5.41) is 3.42. The normalized spacial score (nSPS) is 12.4. The molecule has 21 heavy (non-hydrogen) atoms. The zero-order valence-electron chi connectivity index (χ0n) is 12.5. The Morgan fingerprint density at radius 1 is 1.38 bits per heavy atom. The second-order valence-corrected chi connectivity index (χ2v) is 5.89. The van der Waals surface area contributed by atoms with E-state index in [-0.39, 0.29) is 11.9 Å². The summed E-state index contributed by atoms with van der Waals surface area (Å²) in [6.07, 6.45) is 2.90. The molecule has 1 N–H and O–H groups in total. The summed E-state index contributed by atoms with van der Waals surface area (Å²) in [4.78, 5) is 8.92. The van der Waals surface area contributed by atoms with Gasteiger partial charge in [-0.25, -0.2) is 14.4 Å². The molecule has 2 rings (SSSR count). The Bertz CT molecular complexity index is 631. The standard InChI is InChI=1S/C16H19BrFN3/c1-4-7-19-10(2)14-9-20-16(21-11(14)3)13-8-12(18)5-6-15(13)17/h5-6,8-10,19H,4,7H2,1-3H3. The van der Waals surface area contributed by atoms with Gasteiger partial charge in [0.25, 0.3) is 0 Å². The van der Waals surface area contributed by atoms with Crippen molar-refractivity contribution < 1.29 is 4.39 Å². The number of aryl methyl sites for hydroxylation is 1. The van der Waals surface area contributed by atoms with E-state index in [0.717, 1.165) is 28.7 Å². The maximum Gasteiger partial charge on any atom is 0.160 e. The summed E-state index contributed by atoms with van der Waals surface area (Å²) in [5.74, 6) is 0.238. The zero-order chi connectivity index (χ0) is 15.4. The Balaban J connectivity index is 2.32. The van der Waals surface area contributed by atoms with Crippen molar-refractivity contribution in [2.75, 3.05) is 6.54 Å². The quantitative estimate of drug-likeness (QED) is 0.866. The molecule has 0 fully saturated rings. The van der Waals surface area contributed by atoms with Crippen LogP contribution in [0.3, 0.4) is 0 Å². The van der Waals surface area contributed by atoms with Gasteiger partial charge in [0, 0.05) is 33.5 Å². The molecule has 1 atom stereocenters. The largest absolute Gasteiger partial charge is 0.310 e. The Morgan fingerprint density at radius 3 is 2.81 bits per heavy atom. The van der Waals surface area contributed by atoms with Gasteiger partial charge in [-0.1, -0.05) is 22.9 Å². The van der Waals surface area contributed by atoms with Crippen LogP contribution in [0.25, 0.3) is 11.4 Å². The van der Waals surface area contributed by atoms with Crippen LogP contribution >= 0.6 is 15.9 Å². The van der Waals surface area contributed by atoms with Crippen LogP contribution in [0.5, 0.6) is 0 Å². The number of hydrogen-bond acceptors (Lipinski definition) is 3. The van der Waals surface area contributed by atoms with Gasteiger partial charge in [-0.3, -0.25) is 0 Å². The van der Waals surface area contributed by atoms with Crippen LogP contribution in [0.2, 0.25) is 0 Å². The first-order valence-corrected chi connectivity index (χ1v) is 7.84. The SMILES string of the molecule is CCCNC(C)c1cnc(-c2cc(F)ccc2Br)nc1C. The smallest absolute Gasteiger partial charge is 0.160 e. The van der Waals surface area contributed by atoms with Gasteiger partial charge in [0.2, 0.25) is 0 Å². The van der Waals surface area contributed by atoms with E-state index >= 15 is 0 Å². The number of aromatic nitrogens is 2. The molecule has 112 valence electrons. The van der Waals surface area contributed by atoms with Gasteiger partial charge in [-0.15, -0.1) is 0 Å². The third-order valence-electron chi connectivity index (χ3n) is 3.35. The minimum atomic E-state index is -0.295. The number of nitrogens with one attached hydrogen (secondary N) is 1. The Hall–Kier alpha value is -1.33. The Kier molecular flexibility index (Phi) is 5.42. The minimum Gasteiger partial charge on any atom is -0.310 e. The van der Waals surface area contributed by atoms with Gasteiger partial charge in [-0.05, 0) is 45.0 Å². The van der Waals surface area contributed by atoms with Gasteiger partial charge in [0.05, 0.1) is 0 Å². The molecule has 1 aromatic carbocycles. The van der Waals surface area contributed by atoms with E-state index in [1.807, 2.05) is 13.1 Å². The molecule has 0 amide bonds. The molecule has 0 aliphatic rings.